The van der Waals surface area contributed by atoms with Crippen molar-refractivity contribution in [2.45, 2.75) is 32.9 Å². The van der Waals surface area contributed by atoms with Crippen molar-refractivity contribution in [3.05, 3.63) is 70.6 Å². The Balaban J connectivity index is 1.85. The van der Waals surface area contributed by atoms with Crippen LogP contribution < -0.4 is 15.6 Å². The molecule has 6 nitrogen and oxygen atoms in total. The fourth-order valence-electron chi connectivity index (χ4n) is 3.17. The summed E-state index contributed by atoms with van der Waals surface area (Å²) in [4.78, 5) is 25.2. The van der Waals surface area contributed by atoms with Crippen molar-refractivity contribution in [1.29, 1.82) is 0 Å². The van der Waals surface area contributed by atoms with E-state index >= 15 is 0 Å². The number of benzene rings is 2. The second kappa shape index (κ2) is 8.71. The molecule has 0 fully saturated rings. The summed E-state index contributed by atoms with van der Waals surface area (Å²) in [6, 6.07) is 14.5. The summed E-state index contributed by atoms with van der Waals surface area (Å²) in [5.41, 5.74) is 1.19. The molecule has 0 spiro atoms. The van der Waals surface area contributed by atoms with Crippen LogP contribution in [-0.2, 0) is 17.8 Å². The second-order valence-corrected chi connectivity index (χ2v) is 6.65. The maximum absolute atomic E-state index is 12.6. The van der Waals surface area contributed by atoms with Gasteiger partial charge in [-0.15, -0.1) is 0 Å². The lowest BCUT2D eigenvalue weighted by molar-refractivity contribution is -0.115. The molecule has 0 radical (unpaired) electrons. The molecule has 1 aromatic heterocycles. The van der Waals surface area contributed by atoms with Gasteiger partial charge in [0.15, 0.2) is 0 Å². The number of anilines is 1. The number of carbonyl (C=O) groups is 1. The smallest absolute Gasteiger partial charge is 0.258 e. The van der Waals surface area contributed by atoms with Gasteiger partial charge in [-0.25, -0.2) is 0 Å². The molecule has 28 heavy (non-hydrogen) atoms. The minimum Gasteiger partial charge on any atom is -0.494 e. The molecule has 146 valence electrons. The minimum atomic E-state index is -0.622. The van der Waals surface area contributed by atoms with E-state index in [0.717, 1.165) is 5.56 Å². The number of rotatable bonds is 7. The van der Waals surface area contributed by atoms with Crippen LogP contribution in [0.4, 0.5) is 5.69 Å². The van der Waals surface area contributed by atoms with Crippen LogP contribution in [0.2, 0.25) is 0 Å². The van der Waals surface area contributed by atoms with Crippen molar-refractivity contribution in [3.8, 4) is 5.75 Å². The summed E-state index contributed by atoms with van der Waals surface area (Å²) < 4.78 is 7.04. The van der Waals surface area contributed by atoms with E-state index in [9.17, 15) is 14.7 Å². The predicted octanol–water partition coefficient (Wildman–Crippen LogP) is 2.96. The predicted molar refractivity (Wildman–Crippen MR) is 110 cm³/mol. The SMILES string of the molecule is CCOc1ccccc1CC(=O)Nc1cccc2c(=O)n(CC(C)O)ccc12. The first-order valence-electron chi connectivity index (χ1n) is 9.30. The second-order valence-electron chi connectivity index (χ2n) is 6.65. The zero-order chi connectivity index (χ0) is 20.1. The Kier molecular flexibility index (Phi) is 6.11. The lowest BCUT2D eigenvalue weighted by Crippen LogP contribution is -2.25. The molecule has 0 aliphatic rings. The first-order chi connectivity index (χ1) is 13.5. The molecule has 1 unspecified atom stereocenters. The summed E-state index contributed by atoms with van der Waals surface area (Å²) in [5, 5.41) is 13.6. The number of amides is 1. The van der Waals surface area contributed by atoms with E-state index in [0.29, 0.717) is 28.8 Å². The maximum Gasteiger partial charge on any atom is 0.258 e. The van der Waals surface area contributed by atoms with Gasteiger partial charge in [-0.05, 0) is 38.1 Å². The third-order valence-electron chi connectivity index (χ3n) is 4.38. The molecule has 1 atom stereocenters. The Bertz CT molecular complexity index is 1040. The molecule has 3 aromatic rings. The summed E-state index contributed by atoms with van der Waals surface area (Å²) in [7, 11) is 0. The normalized spacial score (nSPS) is 12.0. The highest BCUT2D eigenvalue weighted by Crippen LogP contribution is 2.23. The van der Waals surface area contributed by atoms with Crippen molar-refractivity contribution >= 4 is 22.4 Å². The van der Waals surface area contributed by atoms with E-state index in [-0.39, 0.29) is 24.4 Å². The molecule has 0 aliphatic heterocycles. The molecule has 1 heterocycles. The van der Waals surface area contributed by atoms with E-state index in [1.807, 2.05) is 31.2 Å². The Morgan fingerprint density at radius 2 is 1.93 bits per heavy atom. The summed E-state index contributed by atoms with van der Waals surface area (Å²) in [6.45, 7) is 4.28. The molecular weight excluding hydrogens is 356 g/mol. The zero-order valence-electron chi connectivity index (χ0n) is 16.0. The van der Waals surface area contributed by atoms with E-state index in [1.54, 1.807) is 37.4 Å². The van der Waals surface area contributed by atoms with Gasteiger partial charge >= 0.3 is 0 Å². The van der Waals surface area contributed by atoms with E-state index in [4.69, 9.17) is 4.74 Å². The van der Waals surface area contributed by atoms with E-state index in [1.165, 1.54) is 4.57 Å². The third-order valence-corrected chi connectivity index (χ3v) is 4.38. The average molecular weight is 380 g/mol. The standard InChI is InChI=1S/C22H24N2O4/c1-3-28-20-10-5-4-7-16(20)13-21(26)23-19-9-6-8-18-17(19)11-12-24(22(18)27)14-15(2)25/h4-12,15,25H,3,13-14H2,1-2H3,(H,23,26). The quantitative estimate of drug-likeness (QED) is 0.660. The third kappa shape index (κ3) is 4.40. The number of aliphatic hydroxyl groups excluding tert-OH is 1. The molecule has 0 saturated carbocycles. The van der Waals surface area contributed by atoms with Gasteiger partial charge in [-0.3, -0.25) is 9.59 Å². The maximum atomic E-state index is 12.6. The number of nitrogens with one attached hydrogen (secondary N) is 1. The molecule has 1 amide bonds. The Hall–Kier alpha value is -3.12. The largest absolute Gasteiger partial charge is 0.494 e. The van der Waals surface area contributed by atoms with Gasteiger partial charge in [-0.1, -0.05) is 24.3 Å². The fraction of sp³-hybridized carbons (Fsp3) is 0.273. The topological polar surface area (TPSA) is 80.6 Å². The molecule has 3 rings (SSSR count). The van der Waals surface area contributed by atoms with Gasteiger partial charge in [0, 0.05) is 28.2 Å². The molecule has 0 saturated heterocycles. The highest BCUT2D eigenvalue weighted by molar-refractivity contribution is 6.02. The molecule has 0 aliphatic carbocycles. The summed E-state index contributed by atoms with van der Waals surface area (Å²) >= 11 is 0. The number of carbonyl (C=O) groups excluding carboxylic acids is 1. The number of hydrogen-bond acceptors (Lipinski definition) is 4. The molecule has 6 heteroatoms. The Morgan fingerprint density at radius 3 is 2.68 bits per heavy atom. The first-order valence-corrected chi connectivity index (χ1v) is 9.30. The average Bonchev–Trinajstić information content (AvgIpc) is 2.66. The number of aliphatic hydroxyl groups is 1. The molecule has 2 N–H and O–H groups in total. The van der Waals surface area contributed by atoms with Crippen LogP contribution in [-0.4, -0.2) is 28.3 Å². The highest BCUT2D eigenvalue weighted by Gasteiger charge is 2.12. The van der Waals surface area contributed by atoms with E-state index < -0.39 is 6.10 Å². The van der Waals surface area contributed by atoms with Gasteiger partial charge in [0.1, 0.15) is 5.75 Å². The lowest BCUT2D eigenvalue weighted by atomic mass is 10.1. The molecule has 2 aromatic carbocycles. The van der Waals surface area contributed by atoms with Crippen LogP contribution in [0.3, 0.4) is 0 Å². The van der Waals surface area contributed by atoms with Gasteiger partial charge in [0.25, 0.3) is 5.56 Å². The van der Waals surface area contributed by atoms with Gasteiger partial charge in [0.05, 0.1) is 25.7 Å². The number of pyridine rings is 1. The fourth-order valence-corrected chi connectivity index (χ4v) is 3.17. The van der Waals surface area contributed by atoms with Crippen molar-refractivity contribution in [2.24, 2.45) is 0 Å². The minimum absolute atomic E-state index is 0.172. The zero-order valence-corrected chi connectivity index (χ0v) is 16.0. The molecular formula is C22H24N2O4. The number of hydrogen-bond donors (Lipinski definition) is 2. The van der Waals surface area contributed by atoms with Crippen LogP contribution in [0.1, 0.15) is 19.4 Å². The molecule has 0 bridgehead atoms. The van der Waals surface area contributed by atoms with Crippen molar-refractivity contribution in [3.63, 3.8) is 0 Å². The van der Waals surface area contributed by atoms with Gasteiger partial charge < -0.3 is 19.7 Å². The Morgan fingerprint density at radius 1 is 1.14 bits per heavy atom. The van der Waals surface area contributed by atoms with Crippen LogP contribution in [0, 0.1) is 0 Å². The summed E-state index contributed by atoms with van der Waals surface area (Å²) in [6.07, 6.45) is 1.19. The van der Waals surface area contributed by atoms with Crippen molar-refractivity contribution < 1.29 is 14.6 Å². The number of para-hydroxylation sites is 1. The Labute approximate surface area is 163 Å². The van der Waals surface area contributed by atoms with Crippen LogP contribution in [0.5, 0.6) is 5.75 Å². The van der Waals surface area contributed by atoms with Crippen molar-refractivity contribution in [2.75, 3.05) is 11.9 Å². The number of fused-ring (bicyclic) bond motifs is 1. The van der Waals surface area contributed by atoms with Gasteiger partial charge in [0.2, 0.25) is 5.91 Å². The van der Waals surface area contributed by atoms with Crippen molar-refractivity contribution in [1.82, 2.24) is 4.57 Å². The lowest BCUT2D eigenvalue weighted by Gasteiger charge is -2.13. The monoisotopic (exact) mass is 380 g/mol. The van der Waals surface area contributed by atoms with E-state index in [2.05, 4.69) is 5.32 Å². The number of aromatic nitrogens is 1. The van der Waals surface area contributed by atoms with Gasteiger partial charge in [-0.2, -0.15) is 0 Å². The highest BCUT2D eigenvalue weighted by atomic mass is 16.5. The first kappa shape index (κ1) is 19.6. The summed E-state index contributed by atoms with van der Waals surface area (Å²) in [5.74, 6) is 0.506. The van der Waals surface area contributed by atoms with Crippen LogP contribution >= 0.6 is 0 Å². The number of ether oxygens (including phenoxy) is 1. The van der Waals surface area contributed by atoms with Crippen LogP contribution in [0.25, 0.3) is 10.8 Å². The number of nitrogens with zero attached hydrogens (tertiary/aromatic N) is 1. The van der Waals surface area contributed by atoms with Crippen LogP contribution in [0.15, 0.2) is 59.5 Å².